The average Bonchev–Trinajstić information content (AvgIpc) is 2.17. The number of ether oxygens (including phenoxy) is 1. The van der Waals surface area contributed by atoms with Crippen molar-refractivity contribution in [3.63, 3.8) is 0 Å². The van der Waals surface area contributed by atoms with Crippen molar-refractivity contribution in [2.24, 2.45) is 0 Å². The zero-order chi connectivity index (χ0) is 11.1. The molecule has 0 aliphatic heterocycles. The largest absolute Gasteiger partial charge is 0.480 e. The molecule has 0 aliphatic rings. The maximum Gasteiger partial charge on any atom is 0.390 e. The molecule has 0 bridgehead atoms. The van der Waals surface area contributed by atoms with E-state index in [1.54, 1.807) is 0 Å². The zero-order valence-electron chi connectivity index (χ0n) is 7.89. The van der Waals surface area contributed by atoms with Crippen molar-refractivity contribution in [2.75, 3.05) is 12.9 Å². The van der Waals surface area contributed by atoms with E-state index in [2.05, 4.69) is 9.58 Å². The van der Waals surface area contributed by atoms with Crippen molar-refractivity contribution in [3.05, 3.63) is 11.4 Å². The molecule has 0 radical (unpaired) electrons. The third kappa shape index (κ3) is 4.14. The van der Waals surface area contributed by atoms with Gasteiger partial charge in [0, 0.05) is 0 Å². The van der Waals surface area contributed by atoms with Gasteiger partial charge in [-0.3, -0.25) is 4.79 Å². The minimum absolute atomic E-state index is 0.143. The van der Waals surface area contributed by atoms with Crippen molar-refractivity contribution in [1.82, 2.24) is 0 Å². The molecule has 0 amide bonds. The lowest BCUT2D eigenvalue weighted by Crippen LogP contribution is -2.23. The summed E-state index contributed by atoms with van der Waals surface area (Å²) in [4.78, 5) is 24.4. The highest BCUT2D eigenvalue weighted by Crippen LogP contribution is 2.14. The van der Waals surface area contributed by atoms with Crippen LogP contribution in [0.3, 0.4) is 0 Å². The minimum Gasteiger partial charge on any atom is -0.480 e. The SMILES string of the molecule is [C-]#[N+]C(CSC(C)C(=O)O)C(=O)OC. The number of thioether (sulfide) groups is 1. The van der Waals surface area contributed by atoms with Crippen LogP contribution in [0.5, 0.6) is 0 Å². The second-order valence-corrected chi connectivity index (χ2v) is 3.86. The van der Waals surface area contributed by atoms with Crippen LogP contribution in [0.15, 0.2) is 0 Å². The predicted molar refractivity (Wildman–Crippen MR) is 52.0 cm³/mol. The molecule has 14 heavy (non-hydrogen) atoms. The summed E-state index contributed by atoms with van der Waals surface area (Å²) in [5.74, 6) is -1.43. The Morgan fingerprint density at radius 1 is 1.64 bits per heavy atom. The van der Waals surface area contributed by atoms with Gasteiger partial charge >= 0.3 is 18.0 Å². The van der Waals surface area contributed by atoms with E-state index in [-0.39, 0.29) is 5.75 Å². The molecule has 0 aromatic carbocycles. The Morgan fingerprint density at radius 3 is 2.57 bits per heavy atom. The van der Waals surface area contributed by atoms with Crippen LogP contribution in [0, 0.1) is 6.57 Å². The lowest BCUT2D eigenvalue weighted by molar-refractivity contribution is -0.140. The quantitative estimate of drug-likeness (QED) is 0.541. The second kappa shape index (κ2) is 6.27. The van der Waals surface area contributed by atoms with Crippen LogP contribution in [0.2, 0.25) is 0 Å². The van der Waals surface area contributed by atoms with Crippen molar-refractivity contribution in [2.45, 2.75) is 18.2 Å². The van der Waals surface area contributed by atoms with E-state index in [0.29, 0.717) is 0 Å². The molecule has 78 valence electrons. The lowest BCUT2D eigenvalue weighted by Gasteiger charge is -2.06. The third-order valence-electron chi connectivity index (χ3n) is 1.48. The molecule has 2 atom stereocenters. The Labute approximate surface area is 86.3 Å². The number of hydrogen-bond acceptors (Lipinski definition) is 4. The number of carbonyl (C=O) groups is 2. The molecule has 0 spiro atoms. The number of aliphatic carboxylic acids is 1. The first-order valence-electron chi connectivity index (χ1n) is 3.81. The number of carboxylic acid groups (broad SMARTS) is 1. The summed E-state index contributed by atoms with van der Waals surface area (Å²) in [6.07, 6.45) is 0. The topological polar surface area (TPSA) is 68.0 Å². The maximum absolute atomic E-state index is 10.9. The van der Waals surface area contributed by atoms with Crippen LogP contribution in [0.4, 0.5) is 0 Å². The van der Waals surface area contributed by atoms with Gasteiger partial charge in [0.05, 0.1) is 18.1 Å². The summed E-state index contributed by atoms with van der Waals surface area (Å²) >= 11 is 1.05. The summed E-state index contributed by atoms with van der Waals surface area (Å²) < 4.78 is 4.38. The Bertz CT molecular complexity index is 261. The molecule has 0 aromatic rings. The molecule has 2 unspecified atom stereocenters. The van der Waals surface area contributed by atoms with Crippen LogP contribution in [0.25, 0.3) is 4.85 Å². The van der Waals surface area contributed by atoms with Gasteiger partial charge in [0.25, 0.3) is 0 Å². The van der Waals surface area contributed by atoms with Gasteiger partial charge in [-0.05, 0) is 6.92 Å². The van der Waals surface area contributed by atoms with Crippen molar-refractivity contribution >= 4 is 23.7 Å². The van der Waals surface area contributed by atoms with E-state index in [9.17, 15) is 9.59 Å². The normalized spacial score (nSPS) is 13.8. The summed E-state index contributed by atoms with van der Waals surface area (Å²) in [5.41, 5.74) is 0. The molecule has 0 fully saturated rings. The highest BCUT2D eigenvalue weighted by molar-refractivity contribution is 8.00. The smallest absolute Gasteiger partial charge is 0.390 e. The molecular weight excluding hydrogens is 206 g/mol. The van der Waals surface area contributed by atoms with Gasteiger partial charge in [0.2, 0.25) is 0 Å². The first-order chi connectivity index (χ1) is 6.52. The Hall–Kier alpha value is -1.22. The van der Waals surface area contributed by atoms with E-state index < -0.39 is 23.2 Å². The maximum atomic E-state index is 10.9. The standard InChI is InChI=1S/C8H11NO4S/c1-5(7(10)11)14-4-6(9-2)8(12)13-3/h5-6H,4H2,1,3H3,(H,10,11). The van der Waals surface area contributed by atoms with Crippen molar-refractivity contribution in [3.8, 4) is 0 Å². The van der Waals surface area contributed by atoms with Crippen LogP contribution in [0.1, 0.15) is 6.92 Å². The van der Waals surface area contributed by atoms with Gasteiger partial charge in [-0.2, -0.15) is 0 Å². The summed E-state index contributed by atoms with van der Waals surface area (Å²) in [6, 6.07) is -0.910. The molecular formula is C8H11NO4S. The molecule has 6 heteroatoms. The van der Waals surface area contributed by atoms with Crippen LogP contribution in [-0.2, 0) is 14.3 Å². The fourth-order valence-corrected chi connectivity index (χ4v) is 1.42. The Balaban J connectivity index is 4.04. The molecule has 0 saturated heterocycles. The van der Waals surface area contributed by atoms with Gasteiger partial charge in [-0.15, -0.1) is 11.8 Å². The van der Waals surface area contributed by atoms with Gasteiger partial charge in [0.15, 0.2) is 0 Å². The molecule has 5 nitrogen and oxygen atoms in total. The van der Waals surface area contributed by atoms with Gasteiger partial charge in [-0.1, -0.05) is 0 Å². The predicted octanol–water partition coefficient (Wildman–Crippen LogP) is 0.654. The second-order valence-electron chi connectivity index (χ2n) is 2.48. The van der Waals surface area contributed by atoms with Gasteiger partial charge < -0.3 is 14.7 Å². The van der Waals surface area contributed by atoms with E-state index in [0.717, 1.165) is 11.8 Å². The lowest BCUT2D eigenvalue weighted by atomic mass is 10.4. The third-order valence-corrected chi connectivity index (χ3v) is 2.69. The number of rotatable bonds is 5. The van der Waals surface area contributed by atoms with E-state index in [1.807, 2.05) is 0 Å². The summed E-state index contributed by atoms with van der Waals surface area (Å²) in [5, 5.41) is 7.93. The molecule has 0 rings (SSSR count). The van der Waals surface area contributed by atoms with Crippen LogP contribution < -0.4 is 0 Å². The zero-order valence-corrected chi connectivity index (χ0v) is 8.71. The number of hydrogen-bond donors (Lipinski definition) is 1. The van der Waals surface area contributed by atoms with E-state index >= 15 is 0 Å². The monoisotopic (exact) mass is 217 g/mol. The van der Waals surface area contributed by atoms with E-state index in [1.165, 1.54) is 14.0 Å². The molecule has 0 aromatic heterocycles. The molecule has 0 heterocycles. The van der Waals surface area contributed by atoms with Crippen LogP contribution >= 0.6 is 11.8 Å². The number of carboxylic acids is 1. The average molecular weight is 217 g/mol. The van der Waals surface area contributed by atoms with Crippen molar-refractivity contribution in [1.29, 1.82) is 0 Å². The summed E-state index contributed by atoms with van der Waals surface area (Å²) in [6.45, 7) is 8.21. The number of nitrogens with zero attached hydrogens (tertiary/aromatic N) is 1. The number of methoxy groups -OCH3 is 1. The summed E-state index contributed by atoms with van der Waals surface area (Å²) in [7, 11) is 1.20. The number of carbonyl (C=O) groups excluding carboxylic acids is 1. The fourth-order valence-electron chi connectivity index (χ4n) is 0.601. The molecule has 0 aliphatic carbocycles. The van der Waals surface area contributed by atoms with E-state index in [4.69, 9.17) is 11.7 Å². The molecule has 0 saturated carbocycles. The minimum atomic E-state index is -0.955. The highest BCUT2D eigenvalue weighted by atomic mass is 32.2. The van der Waals surface area contributed by atoms with Gasteiger partial charge in [-0.25, -0.2) is 11.4 Å². The van der Waals surface area contributed by atoms with Gasteiger partial charge in [0.1, 0.15) is 0 Å². The highest BCUT2D eigenvalue weighted by Gasteiger charge is 2.26. The number of esters is 1. The first kappa shape index (κ1) is 12.8. The molecule has 1 N–H and O–H groups in total. The van der Waals surface area contributed by atoms with Crippen LogP contribution in [-0.4, -0.2) is 41.2 Å². The first-order valence-corrected chi connectivity index (χ1v) is 4.86. The fraction of sp³-hybridized carbons (Fsp3) is 0.625. The Kier molecular flexibility index (Phi) is 5.72. The Morgan fingerprint density at radius 2 is 2.21 bits per heavy atom. The van der Waals surface area contributed by atoms with Crippen molar-refractivity contribution < 1.29 is 19.4 Å².